The van der Waals surface area contributed by atoms with Crippen LogP contribution in [0.15, 0.2) is 77.7 Å². The third-order valence-electron chi connectivity index (χ3n) is 3.93. The van der Waals surface area contributed by atoms with Crippen molar-refractivity contribution in [2.75, 3.05) is 0 Å². The zero-order valence-corrected chi connectivity index (χ0v) is 15.1. The van der Waals surface area contributed by atoms with Crippen molar-refractivity contribution in [1.29, 1.82) is 0 Å². The first-order chi connectivity index (χ1) is 13.8. The maximum Gasteiger partial charge on any atom is 0.421 e. The molecule has 150 valence electrons. The molecule has 2 aromatic carbocycles. The number of benzene rings is 2. The van der Waals surface area contributed by atoms with E-state index < -0.39 is 29.8 Å². The van der Waals surface area contributed by atoms with E-state index in [0.717, 1.165) is 17.8 Å². The highest BCUT2D eigenvalue weighted by Gasteiger charge is 2.34. The van der Waals surface area contributed by atoms with Gasteiger partial charge in [-0.1, -0.05) is 30.3 Å². The molecule has 0 amide bonds. The molecule has 29 heavy (non-hydrogen) atoms. The number of nitrogens with zero attached hydrogens (tertiary/aromatic N) is 1. The predicted octanol–water partition coefficient (Wildman–Crippen LogP) is 4.05. The summed E-state index contributed by atoms with van der Waals surface area (Å²) < 4.78 is 49.7. The topological polar surface area (TPSA) is 57.5 Å². The Bertz CT molecular complexity index is 1030. The lowest BCUT2D eigenvalue weighted by molar-refractivity contribution is -0.140. The quantitative estimate of drug-likeness (QED) is 0.460. The average Bonchev–Trinajstić information content (AvgIpc) is 2.69. The molecule has 3 aromatic rings. The summed E-state index contributed by atoms with van der Waals surface area (Å²) in [5.74, 6) is -0.130. The van der Waals surface area contributed by atoms with Gasteiger partial charge in [-0.3, -0.25) is 4.79 Å². The second-order valence-electron chi connectivity index (χ2n) is 6.07. The number of esters is 1. The zero-order chi connectivity index (χ0) is 20.9. The van der Waals surface area contributed by atoms with Gasteiger partial charge in [0.15, 0.2) is 0 Å². The van der Waals surface area contributed by atoms with E-state index in [1.807, 2.05) is 30.3 Å². The Balaban J connectivity index is 1.59. The van der Waals surface area contributed by atoms with Gasteiger partial charge in [0, 0.05) is 6.20 Å². The molecule has 0 bridgehead atoms. The second-order valence-corrected chi connectivity index (χ2v) is 6.07. The summed E-state index contributed by atoms with van der Waals surface area (Å²) in [7, 11) is 0. The SMILES string of the molecule is O=C(Cn1cccc(C(F)(F)F)c1=O)Oc1ccc(OCc2ccccc2)cc1. The summed E-state index contributed by atoms with van der Waals surface area (Å²) in [6.07, 6.45) is -3.70. The van der Waals surface area contributed by atoms with Crippen molar-refractivity contribution >= 4 is 5.97 Å². The fourth-order valence-electron chi connectivity index (χ4n) is 2.52. The van der Waals surface area contributed by atoms with E-state index in [1.54, 1.807) is 12.1 Å². The molecule has 0 spiro atoms. The molecule has 8 heteroatoms. The van der Waals surface area contributed by atoms with Crippen LogP contribution in [0.5, 0.6) is 11.5 Å². The largest absolute Gasteiger partial charge is 0.489 e. The fourth-order valence-corrected chi connectivity index (χ4v) is 2.52. The highest BCUT2D eigenvalue weighted by atomic mass is 19.4. The van der Waals surface area contributed by atoms with E-state index in [9.17, 15) is 22.8 Å². The van der Waals surface area contributed by atoms with Crippen molar-refractivity contribution in [3.05, 3.63) is 94.4 Å². The van der Waals surface area contributed by atoms with Crippen LogP contribution in [0.3, 0.4) is 0 Å². The van der Waals surface area contributed by atoms with Crippen LogP contribution < -0.4 is 15.0 Å². The Morgan fingerprint density at radius 1 is 0.897 bits per heavy atom. The van der Waals surface area contributed by atoms with Crippen LogP contribution in [0.2, 0.25) is 0 Å². The Hall–Kier alpha value is -3.55. The van der Waals surface area contributed by atoms with Crippen LogP contribution in [0.4, 0.5) is 13.2 Å². The van der Waals surface area contributed by atoms with Gasteiger partial charge in [0.25, 0.3) is 5.56 Å². The minimum Gasteiger partial charge on any atom is -0.489 e. The van der Waals surface area contributed by atoms with E-state index >= 15 is 0 Å². The summed E-state index contributed by atoms with van der Waals surface area (Å²) in [6, 6.07) is 17.4. The molecule has 0 fully saturated rings. The molecule has 0 unspecified atom stereocenters. The standard InChI is InChI=1S/C21H16F3NO4/c22-21(23,24)18-7-4-12-25(20(18)27)13-19(26)29-17-10-8-16(9-11-17)28-14-15-5-2-1-3-6-15/h1-12H,13-14H2. The number of aromatic nitrogens is 1. The van der Waals surface area contributed by atoms with Gasteiger partial charge in [0.05, 0.1) is 0 Å². The van der Waals surface area contributed by atoms with E-state index in [4.69, 9.17) is 9.47 Å². The minimum atomic E-state index is -4.79. The monoisotopic (exact) mass is 403 g/mol. The van der Waals surface area contributed by atoms with Crippen molar-refractivity contribution in [3.8, 4) is 11.5 Å². The lowest BCUT2D eigenvalue weighted by Gasteiger charge is -2.10. The van der Waals surface area contributed by atoms with Gasteiger partial charge in [0.1, 0.15) is 30.2 Å². The highest BCUT2D eigenvalue weighted by Crippen LogP contribution is 2.26. The second kappa shape index (κ2) is 8.64. The van der Waals surface area contributed by atoms with Gasteiger partial charge in [-0.25, -0.2) is 4.79 Å². The number of hydrogen-bond acceptors (Lipinski definition) is 4. The van der Waals surface area contributed by atoms with Gasteiger partial charge in [0.2, 0.25) is 0 Å². The number of carbonyl (C=O) groups is 1. The third kappa shape index (κ3) is 5.47. The van der Waals surface area contributed by atoms with Crippen LogP contribution in [-0.2, 0) is 24.1 Å². The predicted molar refractivity (Wildman–Crippen MR) is 98.6 cm³/mol. The van der Waals surface area contributed by atoms with Gasteiger partial charge in [-0.05, 0) is 42.0 Å². The van der Waals surface area contributed by atoms with Gasteiger partial charge < -0.3 is 14.0 Å². The van der Waals surface area contributed by atoms with Crippen LogP contribution >= 0.6 is 0 Å². The molecule has 1 aromatic heterocycles. The number of alkyl halides is 3. The summed E-state index contributed by atoms with van der Waals surface area (Å²) in [6.45, 7) is -0.270. The van der Waals surface area contributed by atoms with E-state index in [0.29, 0.717) is 23.0 Å². The molecule has 0 N–H and O–H groups in total. The molecule has 0 saturated carbocycles. The van der Waals surface area contributed by atoms with Crippen LogP contribution in [0.1, 0.15) is 11.1 Å². The lowest BCUT2D eigenvalue weighted by atomic mass is 10.2. The summed E-state index contributed by atoms with van der Waals surface area (Å²) in [5.41, 5.74) is -1.65. The molecule has 0 atom stereocenters. The number of rotatable bonds is 6. The van der Waals surface area contributed by atoms with E-state index in [2.05, 4.69) is 0 Å². The van der Waals surface area contributed by atoms with Crippen molar-refractivity contribution in [3.63, 3.8) is 0 Å². The number of pyridine rings is 1. The average molecular weight is 403 g/mol. The molecule has 1 heterocycles. The van der Waals surface area contributed by atoms with Crippen molar-refractivity contribution in [1.82, 2.24) is 4.57 Å². The molecule has 0 aliphatic rings. The molecule has 0 saturated heterocycles. The first-order valence-corrected chi connectivity index (χ1v) is 8.57. The van der Waals surface area contributed by atoms with E-state index in [1.165, 1.54) is 12.1 Å². The molecule has 0 aliphatic heterocycles. The summed E-state index contributed by atoms with van der Waals surface area (Å²) >= 11 is 0. The maximum atomic E-state index is 12.8. The van der Waals surface area contributed by atoms with Gasteiger partial charge in [-0.2, -0.15) is 13.2 Å². The zero-order valence-electron chi connectivity index (χ0n) is 15.1. The fraction of sp³-hybridized carbons (Fsp3) is 0.143. The van der Waals surface area contributed by atoms with Crippen LogP contribution in [0.25, 0.3) is 0 Å². The molecule has 0 radical (unpaired) electrons. The third-order valence-corrected chi connectivity index (χ3v) is 3.93. The molecular weight excluding hydrogens is 387 g/mol. The molecular formula is C21H16F3NO4. The normalized spacial score (nSPS) is 11.1. The van der Waals surface area contributed by atoms with Crippen molar-refractivity contribution in [2.45, 2.75) is 19.3 Å². The maximum absolute atomic E-state index is 12.8. The number of ether oxygens (including phenoxy) is 2. The Labute approximate surface area is 163 Å². The first kappa shape index (κ1) is 20.2. The van der Waals surface area contributed by atoms with Crippen molar-refractivity contribution in [2.24, 2.45) is 0 Å². The Morgan fingerprint density at radius 3 is 2.21 bits per heavy atom. The van der Waals surface area contributed by atoms with E-state index in [-0.39, 0.29) is 5.75 Å². The van der Waals surface area contributed by atoms with Crippen LogP contribution in [0, 0.1) is 0 Å². The van der Waals surface area contributed by atoms with Crippen LogP contribution in [-0.4, -0.2) is 10.5 Å². The summed E-state index contributed by atoms with van der Waals surface area (Å²) in [5, 5.41) is 0. The lowest BCUT2D eigenvalue weighted by Crippen LogP contribution is -2.31. The summed E-state index contributed by atoms with van der Waals surface area (Å²) in [4.78, 5) is 23.9. The Kier molecular flexibility index (Phi) is 6.01. The number of halogens is 3. The molecule has 5 nitrogen and oxygen atoms in total. The smallest absolute Gasteiger partial charge is 0.421 e. The minimum absolute atomic E-state index is 0.182. The first-order valence-electron chi connectivity index (χ1n) is 8.57. The molecule has 3 rings (SSSR count). The van der Waals surface area contributed by atoms with Crippen molar-refractivity contribution < 1.29 is 27.4 Å². The Morgan fingerprint density at radius 2 is 1.55 bits per heavy atom. The number of carbonyl (C=O) groups excluding carboxylic acids is 1. The van der Waals surface area contributed by atoms with Gasteiger partial charge in [-0.15, -0.1) is 0 Å². The van der Waals surface area contributed by atoms with Gasteiger partial charge >= 0.3 is 12.1 Å². The number of hydrogen-bond donors (Lipinski definition) is 0. The molecule has 0 aliphatic carbocycles. The highest BCUT2D eigenvalue weighted by molar-refractivity contribution is 5.72.